The number of nitrogens with zero attached hydrogens (tertiary/aromatic N) is 3. The summed E-state index contributed by atoms with van der Waals surface area (Å²) >= 11 is 3.17. The largest absolute Gasteiger partial charge is 0.382 e. The van der Waals surface area contributed by atoms with Crippen molar-refractivity contribution in [2.75, 3.05) is 17.2 Å². The molecular weight excluding hydrogens is 288 g/mol. The van der Waals surface area contributed by atoms with Crippen LogP contribution >= 0.6 is 22.9 Å². The zero-order chi connectivity index (χ0) is 14.3. The van der Waals surface area contributed by atoms with Crippen molar-refractivity contribution in [3.8, 4) is 10.6 Å². The summed E-state index contributed by atoms with van der Waals surface area (Å²) in [4.78, 5) is 7.09. The van der Waals surface area contributed by atoms with E-state index in [1.807, 2.05) is 6.92 Å². The van der Waals surface area contributed by atoms with E-state index in [-0.39, 0.29) is 0 Å². The number of nitrogens with two attached hydrogens (primary N) is 1. The molecule has 1 aliphatic carbocycles. The Bertz CT molecular complexity index is 598. The minimum Gasteiger partial charge on any atom is -0.382 e. The molecule has 6 heteroatoms. The van der Waals surface area contributed by atoms with Gasteiger partial charge in [0.15, 0.2) is 0 Å². The molecule has 0 bridgehead atoms. The predicted octanol–water partition coefficient (Wildman–Crippen LogP) is 3.78. The lowest BCUT2D eigenvalue weighted by Crippen LogP contribution is -2.29. The number of rotatable bonds is 5. The van der Waals surface area contributed by atoms with Crippen molar-refractivity contribution in [2.24, 2.45) is 5.92 Å². The molecule has 4 nitrogen and oxygen atoms in total. The van der Waals surface area contributed by atoms with Gasteiger partial charge in [-0.05, 0) is 37.2 Å². The molecule has 0 aliphatic heterocycles. The molecule has 2 aromatic rings. The van der Waals surface area contributed by atoms with Crippen molar-refractivity contribution in [2.45, 2.75) is 39.7 Å². The number of anilines is 2. The van der Waals surface area contributed by atoms with Crippen LogP contribution in [0.3, 0.4) is 0 Å². The highest BCUT2D eigenvalue weighted by molar-refractivity contribution is 7.15. The molecule has 0 spiro atoms. The molecule has 0 atom stereocenters. The normalized spacial score (nSPS) is 15.0. The first-order valence-corrected chi connectivity index (χ1v) is 8.66. The number of aryl methyl sites for hydroxylation is 1. The molecule has 108 valence electrons. The maximum atomic E-state index is 6.11. The summed E-state index contributed by atoms with van der Waals surface area (Å²) in [5.41, 5.74) is 8.20. The molecule has 0 aromatic carbocycles. The van der Waals surface area contributed by atoms with Crippen LogP contribution in [-0.2, 0) is 0 Å². The Morgan fingerprint density at radius 2 is 2.20 bits per heavy atom. The summed E-state index contributed by atoms with van der Waals surface area (Å²) in [6.07, 6.45) is 2.56. The molecule has 1 saturated carbocycles. The van der Waals surface area contributed by atoms with Crippen LogP contribution in [0.25, 0.3) is 10.6 Å². The van der Waals surface area contributed by atoms with Crippen LogP contribution in [-0.4, -0.2) is 21.9 Å². The Hall–Kier alpha value is -1.14. The molecular formula is C14H20N4S2. The Balaban J connectivity index is 2.00. The molecule has 2 N–H and O–H groups in total. The lowest BCUT2D eigenvalue weighted by molar-refractivity contribution is 0.610. The number of thiazole rings is 1. The molecule has 20 heavy (non-hydrogen) atoms. The van der Waals surface area contributed by atoms with Crippen molar-refractivity contribution < 1.29 is 0 Å². The third-order valence-corrected chi connectivity index (χ3v) is 5.22. The van der Waals surface area contributed by atoms with Gasteiger partial charge in [0.1, 0.15) is 15.8 Å². The SMILES string of the molecule is Cc1csc(-c2c(N)nsc2N(CC(C)C)C2CC2)n1. The van der Waals surface area contributed by atoms with Gasteiger partial charge in [-0.2, -0.15) is 4.37 Å². The standard InChI is InChI=1S/C14H20N4S2/c1-8(2)6-18(10-4-5-10)14-11(12(15)17-20-14)13-16-9(3)7-19-13/h7-8,10H,4-6H2,1-3H3,(H2,15,17). The quantitative estimate of drug-likeness (QED) is 0.913. The molecule has 1 aliphatic rings. The van der Waals surface area contributed by atoms with Crippen LogP contribution < -0.4 is 10.6 Å². The van der Waals surface area contributed by atoms with Gasteiger partial charge in [0, 0.05) is 23.7 Å². The van der Waals surface area contributed by atoms with Gasteiger partial charge in [-0.25, -0.2) is 4.98 Å². The van der Waals surface area contributed by atoms with Crippen LogP contribution in [0.5, 0.6) is 0 Å². The van der Waals surface area contributed by atoms with Gasteiger partial charge in [0.05, 0.1) is 5.56 Å². The monoisotopic (exact) mass is 308 g/mol. The van der Waals surface area contributed by atoms with Crippen molar-refractivity contribution in [1.82, 2.24) is 9.36 Å². The highest BCUT2D eigenvalue weighted by Gasteiger charge is 2.33. The summed E-state index contributed by atoms with van der Waals surface area (Å²) in [5.74, 6) is 1.25. The number of aromatic nitrogens is 2. The Morgan fingerprint density at radius 1 is 1.45 bits per heavy atom. The number of nitrogen functional groups attached to an aromatic ring is 1. The number of hydrogen-bond donors (Lipinski definition) is 1. The second kappa shape index (κ2) is 5.33. The first kappa shape index (κ1) is 13.8. The van der Waals surface area contributed by atoms with Crippen LogP contribution in [0.15, 0.2) is 5.38 Å². The topological polar surface area (TPSA) is 55.0 Å². The van der Waals surface area contributed by atoms with E-state index in [9.17, 15) is 0 Å². The Morgan fingerprint density at radius 3 is 2.75 bits per heavy atom. The third-order valence-electron chi connectivity index (χ3n) is 3.34. The molecule has 0 radical (unpaired) electrons. The Kier molecular flexibility index (Phi) is 3.69. The maximum Gasteiger partial charge on any atom is 0.149 e. The van der Waals surface area contributed by atoms with Gasteiger partial charge in [0.2, 0.25) is 0 Å². The van der Waals surface area contributed by atoms with Gasteiger partial charge in [-0.3, -0.25) is 0 Å². The van der Waals surface area contributed by atoms with Crippen molar-refractivity contribution in [1.29, 1.82) is 0 Å². The summed E-state index contributed by atoms with van der Waals surface area (Å²) in [6.45, 7) is 7.59. The first-order valence-electron chi connectivity index (χ1n) is 7.00. The second-order valence-electron chi connectivity index (χ2n) is 5.82. The van der Waals surface area contributed by atoms with Crippen LogP contribution in [0.2, 0.25) is 0 Å². The zero-order valence-electron chi connectivity index (χ0n) is 12.1. The minimum absolute atomic E-state index is 0.619. The predicted molar refractivity (Wildman–Crippen MR) is 87.6 cm³/mol. The summed E-state index contributed by atoms with van der Waals surface area (Å²) in [6, 6.07) is 0.664. The summed E-state index contributed by atoms with van der Waals surface area (Å²) in [5, 5.41) is 4.27. The van der Waals surface area contributed by atoms with E-state index in [1.54, 1.807) is 11.3 Å². The molecule has 0 unspecified atom stereocenters. The lowest BCUT2D eigenvalue weighted by atomic mass is 10.2. The van der Waals surface area contributed by atoms with E-state index in [0.29, 0.717) is 17.8 Å². The van der Waals surface area contributed by atoms with Crippen molar-refractivity contribution in [3.05, 3.63) is 11.1 Å². The van der Waals surface area contributed by atoms with E-state index >= 15 is 0 Å². The highest BCUT2D eigenvalue weighted by atomic mass is 32.1. The van der Waals surface area contributed by atoms with Crippen LogP contribution in [0, 0.1) is 12.8 Å². The first-order chi connectivity index (χ1) is 9.56. The van der Waals surface area contributed by atoms with Gasteiger partial charge < -0.3 is 10.6 Å². The fraction of sp³-hybridized carbons (Fsp3) is 0.571. The van der Waals surface area contributed by atoms with E-state index in [4.69, 9.17) is 5.73 Å². The molecule has 3 rings (SSSR count). The van der Waals surface area contributed by atoms with Crippen LogP contribution in [0.4, 0.5) is 10.8 Å². The van der Waals surface area contributed by atoms with Gasteiger partial charge in [0.25, 0.3) is 0 Å². The van der Waals surface area contributed by atoms with Crippen molar-refractivity contribution >= 4 is 33.7 Å². The molecule has 2 aromatic heterocycles. The fourth-order valence-electron chi connectivity index (χ4n) is 2.34. The lowest BCUT2D eigenvalue weighted by Gasteiger charge is -2.25. The average Bonchev–Trinajstić information content (AvgIpc) is 3.03. The minimum atomic E-state index is 0.619. The molecule has 1 fully saturated rings. The average molecular weight is 308 g/mol. The van der Waals surface area contributed by atoms with Crippen LogP contribution in [0.1, 0.15) is 32.4 Å². The molecule has 0 amide bonds. The highest BCUT2D eigenvalue weighted by Crippen LogP contribution is 2.44. The fourth-order valence-corrected chi connectivity index (χ4v) is 4.15. The van der Waals surface area contributed by atoms with Gasteiger partial charge in [-0.1, -0.05) is 13.8 Å². The molecule has 2 heterocycles. The van der Waals surface area contributed by atoms with Gasteiger partial charge in [-0.15, -0.1) is 11.3 Å². The van der Waals surface area contributed by atoms with E-state index in [2.05, 4.69) is 33.5 Å². The summed E-state index contributed by atoms with van der Waals surface area (Å²) in [7, 11) is 0. The smallest absolute Gasteiger partial charge is 0.149 e. The maximum absolute atomic E-state index is 6.11. The third kappa shape index (κ3) is 2.67. The summed E-state index contributed by atoms with van der Waals surface area (Å²) < 4.78 is 4.39. The zero-order valence-corrected chi connectivity index (χ0v) is 13.7. The van der Waals surface area contributed by atoms with Gasteiger partial charge >= 0.3 is 0 Å². The van der Waals surface area contributed by atoms with E-state index in [1.165, 1.54) is 29.4 Å². The van der Waals surface area contributed by atoms with E-state index in [0.717, 1.165) is 22.8 Å². The molecule has 0 saturated heterocycles. The van der Waals surface area contributed by atoms with Crippen molar-refractivity contribution in [3.63, 3.8) is 0 Å². The number of hydrogen-bond acceptors (Lipinski definition) is 6. The second-order valence-corrected chi connectivity index (χ2v) is 7.43. The Labute approximate surface area is 127 Å². The van der Waals surface area contributed by atoms with E-state index < -0.39 is 0 Å².